The van der Waals surface area contributed by atoms with E-state index in [0.29, 0.717) is 0 Å². The topological polar surface area (TPSA) is 40.7 Å². The predicted molar refractivity (Wildman–Crippen MR) is 70.8 cm³/mol. The second-order valence-corrected chi connectivity index (χ2v) is 4.17. The lowest BCUT2D eigenvalue weighted by molar-refractivity contribution is 1.32. The van der Waals surface area contributed by atoms with Crippen molar-refractivity contribution in [2.45, 2.75) is 0 Å². The number of benzene rings is 1. The smallest absolute Gasteiger partial charge is 0.139 e. The van der Waals surface area contributed by atoms with E-state index in [4.69, 9.17) is 11.6 Å². The van der Waals surface area contributed by atoms with Crippen LogP contribution in [0.1, 0.15) is 0 Å². The molecule has 0 spiro atoms. The fourth-order valence-electron chi connectivity index (χ4n) is 1.79. The van der Waals surface area contributed by atoms with Gasteiger partial charge < -0.3 is 10.3 Å². The highest BCUT2D eigenvalue weighted by Gasteiger charge is 2.02. The molecule has 3 nitrogen and oxygen atoms in total. The highest BCUT2D eigenvalue weighted by molar-refractivity contribution is 6.30. The van der Waals surface area contributed by atoms with Gasteiger partial charge in [0.2, 0.25) is 0 Å². The predicted octanol–water partition coefficient (Wildman–Crippen LogP) is 3.96. The van der Waals surface area contributed by atoms with Gasteiger partial charge in [0.15, 0.2) is 0 Å². The number of rotatable bonds is 2. The lowest BCUT2D eigenvalue weighted by Crippen LogP contribution is -1.91. The van der Waals surface area contributed by atoms with Crippen molar-refractivity contribution < 1.29 is 0 Å². The first kappa shape index (κ1) is 10.2. The van der Waals surface area contributed by atoms with E-state index in [2.05, 4.69) is 15.3 Å². The molecule has 2 heterocycles. The van der Waals surface area contributed by atoms with Crippen molar-refractivity contribution in [1.29, 1.82) is 0 Å². The summed E-state index contributed by atoms with van der Waals surface area (Å²) in [5, 5.41) is 5.11. The van der Waals surface area contributed by atoms with Gasteiger partial charge in [-0.05, 0) is 30.3 Å². The van der Waals surface area contributed by atoms with E-state index in [1.54, 1.807) is 6.20 Å². The number of hydrogen-bond donors (Lipinski definition) is 2. The van der Waals surface area contributed by atoms with Gasteiger partial charge in [-0.25, -0.2) is 4.98 Å². The summed E-state index contributed by atoms with van der Waals surface area (Å²) in [5.74, 6) is 0. The van der Waals surface area contributed by atoms with Gasteiger partial charge >= 0.3 is 0 Å². The van der Waals surface area contributed by atoms with Gasteiger partial charge in [-0.1, -0.05) is 17.7 Å². The van der Waals surface area contributed by atoms with Crippen LogP contribution in [0.15, 0.2) is 48.8 Å². The quantitative estimate of drug-likeness (QED) is 0.715. The Labute approximate surface area is 103 Å². The van der Waals surface area contributed by atoms with E-state index in [-0.39, 0.29) is 0 Å². The van der Waals surface area contributed by atoms with E-state index in [1.165, 1.54) is 0 Å². The fraction of sp³-hybridized carbons (Fsp3) is 0. The largest absolute Gasteiger partial charge is 0.355 e. The van der Waals surface area contributed by atoms with Gasteiger partial charge in [-0.3, -0.25) is 0 Å². The summed E-state index contributed by atoms with van der Waals surface area (Å²) in [6.07, 6.45) is 3.65. The normalized spacial score (nSPS) is 10.6. The lowest BCUT2D eigenvalue weighted by Gasteiger charge is -2.07. The number of fused-ring (bicyclic) bond motifs is 1. The first-order chi connectivity index (χ1) is 8.33. The van der Waals surface area contributed by atoms with E-state index >= 15 is 0 Å². The highest BCUT2D eigenvalue weighted by Crippen LogP contribution is 2.25. The Bertz CT molecular complexity index is 660. The van der Waals surface area contributed by atoms with E-state index in [9.17, 15) is 0 Å². The number of anilines is 2. The maximum atomic E-state index is 5.95. The van der Waals surface area contributed by atoms with E-state index in [0.717, 1.165) is 27.4 Å². The molecule has 0 amide bonds. The van der Waals surface area contributed by atoms with Crippen LogP contribution in [0, 0.1) is 0 Å². The average molecular weight is 244 g/mol. The average Bonchev–Trinajstić information content (AvgIpc) is 2.78. The van der Waals surface area contributed by atoms with Crippen molar-refractivity contribution in [3.8, 4) is 0 Å². The number of halogens is 1. The van der Waals surface area contributed by atoms with Crippen molar-refractivity contribution in [1.82, 2.24) is 9.97 Å². The van der Waals surface area contributed by atoms with Crippen LogP contribution in [-0.2, 0) is 0 Å². The van der Waals surface area contributed by atoms with Crippen LogP contribution in [0.25, 0.3) is 11.0 Å². The number of hydrogen-bond acceptors (Lipinski definition) is 2. The van der Waals surface area contributed by atoms with Crippen molar-refractivity contribution in [3.63, 3.8) is 0 Å². The lowest BCUT2D eigenvalue weighted by atomic mass is 10.2. The van der Waals surface area contributed by atoms with Gasteiger partial charge in [0.1, 0.15) is 5.65 Å². The second-order valence-electron chi connectivity index (χ2n) is 3.73. The van der Waals surface area contributed by atoms with Crippen LogP contribution >= 0.6 is 11.6 Å². The summed E-state index contributed by atoms with van der Waals surface area (Å²) in [7, 11) is 0. The fourth-order valence-corrected chi connectivity index (χ4v) is 1.98. The van der Waals surface area contributed by atoms with Gasteiger partial charge in [0.05, 0.1) is 5.69 Å². The molecule has 4 heteroatoms. The molecular formula is C13H10ClN3. The van der Waals surface area contributed by atoms with E-state index in [1.807, 2.05) is 42.6 Å². The van der Waals surface area contributed by atoms with Crippen molar-refractivity contribution >= 4 is 34.0 Å². The monoisotopic (exact) mass is 243 g/mol. The third kappa shape index (κ3) is 1.97. The first-order valence-electron chi connectivity index (χ1n) is 5.27. The van der Waals surface area contributed by atoms with Crippen molar-refractivity contribution in [3.05, 3.63) is 53.8 Å². The standard InChI is InChI=1S/C13H10ClN3/c14-9-2-1-3-10(8-9)17-12-5-7-16-13-11(12)4-6-15-13/h1-8H,(H2,15,16,17). The van der Waals surface area contributed by atoms with Crippen molar-refractivity contribution in [2.75, 3.05) is 5.32 Å². The summed E-state index contributed by atoms with van der Waals surface area (Å²) in [6, 6.07) is 11.6. The molecule has 0 unspecified atom stereocenters. The molecule has 17 heavy (non-hydrogen) atoms. The third-order valence-corrected chi connectivity index (χ3v) is 2.80. The summed E-state index contributed by atoms with van der Waals surface area (Å²) in [6.45, 7) is 0. The molecule has 0 aliphatic heterocycles. The Morgan fingerprint density at radius 2 is 2.12 bits per heavy atom. The molecule has 2 aromatic heterocycles. The zero-order chi connectivity index (χ0) is 11.7. The molecule has 0 fully saturated rings. The SMILES string of the molecule is Clc1cccc(Nc2ccnc3[nH]ccc23)c1. The zero-order valence-corrected chi connectivity index (χ0v) is 9.70. The molecule has 84 valence electrons. The minimum absolute atomic E-state index is 0.717. The summed E-state index contributed by atoms with van der Waals surface area (Å²) in [4.78, 5) is 7.32. The molecule has 0 aliphatic rings. The summed E-state index contributed by atoms with van der Waals surface area (Å²) in [5.41, 5.74) is 2.85. The Kier molecular flexibility index (Phi) is 2.46. The molecule has 1 aromatic carbocycles. The third-order valence-electron chi connectivity index (χ3n) is 2.56. The van der Waals surface area contributed by atoms with Gasteiger partial charge in [0.25, 0.3) is 0 Å². The summed E-state index contributed by atoms with van der Waals surface area (Å²) >= 11 is 5.95. The number of aromatic nitrogens is 2. The molecule has 0 radical (unpaired) electrons. The molecule has 3 rings (SSSR count). The molecule has 0 bridgehead atoms. The molecule has 2 N–H and O–H groups in total. The molecule has 0 saturated carbocycles. The molecular weight excluding hydrogens is 234 g/mol. The zero-order valence-electron chi connectivity index (χ0n) is 8.94. The van der Waals surface area contributed by atoms with Crippen LogP contribution in [0.3, 0.4) is 0 Å². The van der Waals surface area contributed by atoms with Gasteiger partial charge in [-0.2, -0.15) is 0 Å². The van der Waals surface area contributed by atoms with E-state index < -0.39 is 0 Å². The van der Waals surface area contributed by atoms with Crippen LogP contribution in [0.5, 0.6) is 0 Å². The number of nitrogens with zero attached hydrogens (tertiary/aromatic N) is 1. The Morgan fingerprint density at radius 1 is 1.18 bits per heavy atom. The van der Waals surface area contributed by atoms with Crippen LogP contribution < -0.4 is 5.32 Å². The molecule has 0 saturated heterocycles. The molecule has 0 atom stereocenters. The first-order valence-corrected chi connectivity index (χ1v) is 5.65. The minimum Gasteiger partial charge on any atom is -0.355 e. The van der Waals surface area contributed by atoms with Crippen LogP contribution in [0.2, 0.25) is 5.02 Å². The maximum Gasteiger partial charge on any atom is 0.139 e. The number of aromatic amines is 1. The van der Waals surface area contributed by atoms with Gasteiger partial charge in [-0.15, -0.1) is 0 Å². The Hall–Kier alpha value is -2.00. The van der Waals surface area contributed by atoms with Crippen LogP contribution in [-0.4, -0.2) is 9.97 Å². The molecule has 3 aromatic rings. The minimum atomic E-state index is 0.717. The Balaban J connectivity index is 2.02. The maximum absolute atomic E-state index is 5.95. The van der Waals surface area contributed by atoms with Crippen LogP contribution in [0.4, 0.5) is 11.4 Å². The highest BCUT2D eigenvalue weighted by atomic mass is 35.5. The molecule has 0 aliphatic carbocycles. The number of pyridine rings is 1. The van der Waals surface area contributed by atoms with Gasteiger partial charge in [0, 0.05) is 28.5 Å². The Morgan fingerprint density at radius 3 is 3.00 bits per heavy atom. The van der Waals surface area contributed by atoms with Crippen molar-refractivity contribution in [2.24, 2.45) is 0 Å². The second kappa shape index (κ2) is 4.11. The summed E-state index contributed by atoms with van der Waals surface area (Å²) < 4.78 is 0. The number of H-pyrrole nitrogens is 1. The number of nitrogens with one attached hydrogen (secondary N) is 2.